The van der Waals surface area contributed by atoms with Crippen molar-refractivity contribution in [2.75, 3.05) is 0 Å². The molecule has 0 aliphatic heterocycles. The SMILES string of the molecule is C#CC[C@@]12C=CC(=O)[C@@H](C1)C(C)(O)CC2. The van der Waals surface area contributed by atoms with Crippen molar-refractivity contribution in [3.63, 3.8) is 0 Å². The number of fused-ring (bicyclic) bond motifs is 2. The van der Waals surface area contributed by atoms with Crippen molar-refractivity contribution in [3.8, 4) is 12.3 Å². The minimum absolute atomic E-state index is 0.0322. The predicted octanol–water partition coefficient (Wildman–Crippen LogP) is 1.69. The third-order valence-corrected chi connectivity index (χ3v) is 3.89. The van der Waals surface area contributed by atoms with E-state index in [4.69, 9.17) is 6.42 Å². The fourth-order valence-corrected chi connectivity index (χ4v) is 2.76. The summed E-state index contributed by atoms with van der Waals surface area (Å²) in [6, 6.07) is 0. The summed E-state index contributed by atoms with van der Waals surface area (Å²) in [6.45, 7) is 1.76. The standard InChI is InChI=1S/C13H16O2/c1-3-5-13-6-4-11(14)10(9-13)12(2,15)7-8-13/h1,4,6,10,15H,5,7-9H2,2H3/t10-,12?,13+/m1/s1. The van der Waals surface area contributed by atoms with Crippen molar-refractivity contribution >= 4 is 5.78 Å². The summed E-state index contributed by atoms with van der Waals surface area (Å²) in [5, 5.41) is 10.1. The van der Waals surface area contributed by atoms with E-state index in [-0.39, 0.29) is 17.1 Å². The van der Waals surface area contributed by atoms with Crippen molar-refractivity contribution in [2.24, 2.45) is 11.3 Å². The third-order valence-electron chi connectivity index (χ3n) is 3.89. The van der Waals surface area contributed by atoms with Gasteiger partial charge in [0.2, 0.25) is 0 Å². The topological polar surface area (TPSA) is 37.3 Å². The lowest BCUT2D eigenvalue weighted by Crippen LogP contribution is -2.49. The molecule has 2 heteroatoms. The fourth-order valence-electron chi connectivity index (χ4n) is 2.76. The molecule has 3 atom stereocenters. The van der Waals surface area contributed by atoms with Gasteiger partial charge in [-0.1, -0.05) is 6.08 Å². The minimum atomic E-state index is -0.847. The van der Waals surface area contributed by atoms with Crippen LogP contribution in [0.25, 0.3) is 0 Å². The number of carbonyl (C=O) groups excluding carboxylic acids is 1. The van der Waals surface area contributed by atoms with Crippen LogP contribution in [0.3, 0.4) is 0 Å². The Balaban J connectivity index is 2.34. The summed E-state index contributed by atoms with van der Waals surface area (Å²) in [4.78, 5) is 11.7. The zero-order valence-electron chi connectivity index (χ0n) is 8.99. The maximum Gasteiger partial charge on any atom is 0.161 e. The summed E-state index contributed by atoms with van der Waals surface area (Å²) in [5.74, 6) is 2.47. The van der Waals surface area contributed by atoms with Crippen LogP contribution in [0.2, 0.25) is 0 Å². The Bertz CT molecular complexity index is 359. The molecule has 2 nitrogen and oxygen atoms in total. The normalized spacial score (nSPS) is 43.8. The molecule has 0 heterocycles. The van der Waals surface area contributed by atoms with E-state index in [0.717, 1.165) is 6.42 Å². The Hall–Kier alpha value is -1.07. The molecule has 0 amide bonds. The van der Waals surface area contributed by atoms with Gasteiger partial charge >= 0.3 is 0 Å². The minimum Gasteiger partial charge on any atom is -0.389 e. The van der Waals surface area contributed by atoms with E-state index in [9.17, 15) is 9.90 Å². The molecule has 1 N–H and O–H groups in total. The van der Waals surface area contributed by atoms with Gasteiger partial charge in [-0.05, 0) is 32.3 Å². The van der Waals surface area contributed by atoms with E-state index < -0.39 is 5.60 Å². The summed E-state index contributed by atoms with van der Waals surface area (Å²) < 4.78 is 0. The Morgan fingerprint density at radius 2 is 2.40 bits per heavy atom. The molecule has 0 aromatic rings. The molecule has 2 rings (SSSR count). The first-order valence-electron chi connectivity index (χ1n) is 5.38. The summed E-state index contributed by atoms with van der Waals surface area (Å²) in [7, 11) is 0. The smallest absolute Gasteiger partial charge is 0.161 e. The Morgan fingerprint density at radius 1 is 1.67 bits per heavy atom. The van der Waals surface area contributed by atoms with Gasteiger partial charge in [0, 0.05) is 11.8 Å². The van der Waals surface area contributed by atoms with Crippen LogP contribution in [-0.2, 0) is 4.79 Å². The first-order chi connectivity index (χ1) is 6.99. The van der Waals surface area contributed by atoms with Gasteiger partial charge in [0.25, 0.3) is 0 Å². The molecule has 0 saturated heterocycles. The zero-order chi connectivity index (χ0) is 11.1. The molecular formula is C13H16O2. The number of hydrogen-bond donors (Lipinski definition) is 1. The number of hydrogen-bond acceptors (Lipinski definition) is 2. The second-order valence-corrected chi connectivity index (χ2v) is 5.09. The molecule has 15 heavy (non-hydrogen) atoms. The number of rotatable bonds is 1. The highest BCUT2D eigenvalue weighted by atomic mass is 16.3. The van der Waals surface area contributed by atoms with Crippen LogP contribution in [0.1, 0.15) is 32.6 Å². The average molecular weight is 204 g/mol. The molecule has 80 valence electrons. The van der Waals surface area contributed by atoms with E-state index in [1.807, 2.05) is 6.08 Å². The lowest BCUT2D eigenvalue weighted by atomic mass is 9.59. The molecule has 1 saturated carbocycles. The van der Waals surface area contributed by atoms with Gasteiger partial charge in [0.1, 0.15) is 0 Å². The van der Waals surface area contributed by atoms with Crippen molar-refractivity contribution in [2.45, 2.75) is 38.2 Å². The van der Waals surface area contributed by atoms with E-state index in [1.54, 1.807) is 13.0 Å². The molecule has 2 bridgehead atoms. The van der Waals surface area contributed by atoms with Crippen LogP contribution >= 0.6 is 0 Å². The Kier molecular flexibility index (Phi) is 2.24. The molecule has 0 aromatic carbocycles. The number of aliphatic hydroxyl groups is 1. The van der Waals surface area contributed by atoms with Gasteiger partial charge in [0.05, 0.1) is 11.5 Å². The highest BCUT2D eigenvalue weighted by molar-refractivity contribution is 5.94. The monoisotopic (exact) mass is 204 g/mol. The van der Waals surface area contributed by atoms with Crippen molar-refractivity contribution < 1.29 is 9.90 Å². The first kappa shape index (κ1) is 10.4. The highest BCUT2D eigenvalue weighted by Crippen LogP contribution is 2.50. The van der Waals surface area contributed by atoms with Gasteiger partial charge in [-0.3, -0.25) is 4.79 Å². The molecule has 2 aliphatic carbocycles. The van der Waals surface area contributed by atoms with Crippen molar-refractivity contribution in [1.82, 2.24) is 0 Å². The molecular weight excluding hydrogens is 188 g/mol. The summed E-state index contributed by atoms with van der Waals surface area (Å²) >= 11 is 0. The summed E-state index contributed by atoms with van der Waals surface area (Å²) in [5.41, 5.74) is -0.879. The average Bonchev–Trinajstić information content (AvgIpc) is 2.18. The van der Waals surface area contributed by atoms with Crippen LogP contribution in [-0.4, -0.2) is 16.5 Å². The predicted molar refractivity (Wildman–Crippen MR) is 58.0 cm³/mol. The molecule has 2 aliphatic rings. The van der Waals surface area contributed by atoms with E-state index in [0.29, 0.717) is 19.3 Å². The number of ketones is 1. The van der Waals surface area contributed by atoms with Crippen LogP contribution in [0, 0.1) is 23.7 Å². The molecule has 0 radical (unpaired) electrons. The van der Waals surface area contributed by atoms with Crippen LogP contribution in [0.15, 0.2) is 12.2 Å². The lowest BCUT2D eigenvalue weighted by Gasteiger charge is -2.47. The maximum atomic E-state index is 11.7. The van der Waals surface area contributed by atoms with E-state index >= 15 is 0 Å². The van der Waals surface area contributed by atoms with E-state index in [2.05, 4.69) is 5.92 Å². The van der Waals surface area contributed by atoms with Gasteiger partial charge in [0.15, 0.2) is 5.78 Å². The highest BCUT2D eigenvalue weighted by Gasteiger charge is 2.49. The van der Waals surface area contributed by atoms with Crippen LogP contribution < -0.4 is 0 Å². The Labute approximate surface area is 90.4 Å². The lowest BCUT2D eigenvalue weighted by molar-refractivity contribution is -0.135. The Morgan fingerprint density at radius 3 is 3.07 bits per heavy atom. The van der Waals surface area contributed by atoms with Gasteiger partial charge in [-0.2, -0.15) is 0 Å². The third kappa shape index (κ3) is 1.61. The number of allylic oxidation sites excluding steroid dienone is 2. The van der Waals surface area contributed by atoms with Crippen molar-refractivity contribution in [1.29, 1.82) is 0 Å². The quantitative estimate of drug-likeness (QED) is 0.660. The number of carbonyl (C=O) groups is 1. The van der Waals surface area contributed by atoms with Gasteiger partial charge in [-0.25, -0.2) is 0 Å². The molecule has 1 unspecified atom stereocenters. The number of terminal acetylenes is 1. The first-order valence-corrected chi connectivity index (χ1v) is 5.38. The van der Waals surface area contributed by atoms with Crippen molar-refractivity contribution in [3.05, 3.63) is 12.2 Å². The maximum absolute atomic E-state index is 11.7. The second kappa shape index (κ2) is 3.21. The second-order valence-electron chi connectivity index (χ2n) is 5.09. The van der Waals surface area contributed by atoms with Gasteiger partial charge in [-0.15, -0.1) is 12.3 Å². The molecule has 1 fully saturated rings. The zero-order valence-corrected chi connectivity index (χ0v) is 8.99. The molecule has 0 aromatic heterocycles. The van der Waals surface area contributed by atoms with Crippen LogP contribution in [0.4, 0.5) is 0 Å². The van der Waals surface area contributed by atoms with Gasteiger partial charge < -0.3 is 5.11 Å². The van der Waals surface area contributed by atoms with E-state index in [1.165, 1.54) is 0 Å². The fraction of sp³-hybridized carbons (Fsp3) is 0.615. The summed E-state index contributed by atoms with van der Waals surface area (Å²) in [6.07, 6.45) is 11.8. The molecule has 0 spiro atoms. The van der Waals surface area contributed by atoms with Crippen LogP contribution in [0.5, 0.6) is 0 Å². The largest absolute Gasteiger partial charge is 0.389 e.